The second kappa shape index (κ2) is 4.94. The Balaban J connectivity index is 1.90. The van der Waals surface area contributed by atoms with Crippen LogP contribution in [-0.2, 0) is 0 Å². The minimum absolute atomic E-state index is 0.247. The molecule has 0 radical (unpaired) electrons. The predicted molar refractivity (Wildman–Crippen MR) is 77.1 cm³/mol. The van der Waals surface area contributed by atoms with E-state index in [1.165, 1.54) is 0 Å². The predicted octanol–water partition coefficient (Wildman–Crippen LogP) is 2.94. The average Bonchev–Trinajstić information content (AvgIpc) is 2.80. The van der Waals surface area contributed by atoms with Gasteiger partial charge in [0.05, 0.1) is 11.4 Å². The van der Waals surface area contributed by atoms with E-state index >= 15 is 0 Å². The van der Waals surface area contributed by atoms with E-state index in [9.17, 15) is 4.79 Å². The molecule has 5 nitrogen and oxygen atoms in total. The summed E-state index contributed by atoms with van der Waals surface area (Å²) in [6, 6.07) is 6.87. The van der Waals surface area contributed by atoms with Crippen molar-refractivity contribution in [2.75, 3.05) is 5.32 Å². The van der Waals surface area contributed by atoms with Crippen molar-refractivity contribution < 1.29 is 4.79 Å². The lowest BCUT2D eigenvalue weighted by Crippen LogP contribution is -2.12. The van der Waals surface area contributed by atoms with Crippen molar-refractivity contribution in [2.24, 2.45) is 0 Å². The molecule has 0 aromatic carbocycles. The third kappa shape index (κ3) is 2.35. The largest absolute Gasteiger partial charge is 0.319 e. The normalized spacial score (nSPS) is 10.7. The van der Waals surface area contributed by atoms with Crippen molar-refractivity contribution in [2.45, 2.75) is 6.92 Å². The summed E-state index contributed by atoms with van der Waals surface area (Å²) >= 11 is 5.91. The molecule has 0 unspecified atom stereocenters. The lowest BCUT2D eigenvalue weighted by molar-refractivity contribution is 0.102. The van der Waals surface area contributed by atoms with E-state index in [-0.39, 0.29) is 11.1 Å². The molecule has 6 heteroatoms. The Morgan fingerprint density at radius 3 is 3.05 bits per heavy atom. The van der Waals surface area contributed by atoms with E-state index in [1.54, 1.807) is 36.7 Å². The Kier molecular flexibility index (Phi) is 3.12. The van der Waals surface area contributed by atoms with Crippen LogP contribution in [0, 0.1) is 6.92 Å². The van der Waals surface area contributed by atoms with Crippen molar-refractivity contribution >= 4 is 28.8 Å². The van der Waals surface area contributed by atoms with E-state index in [0.29, 0.717) is 11.3 Å². The van der Waals surface area contributed by atoms with Gasteiger partial charge in [-0.2, -0.15) is 0 Å². The van der Waals surface area contributed by atoms with Crippen LogP contribution in [0.4, 0.5) is 5.69 Å². The van der Waals surface area contributed by atoms with Gasteiger partial charge in [-0.05, 0) is 31.2 Å². The van der Waals surface area contributed by atoms with E-state index in [4.69, 9.17) is 11.6 Å². The summed E-state index contributed by atoms with van der Waals surface area (Å²) in [5.41, 5.74) is 2.63. The molecule has 0 aliphatic heterocycles. The zero-order valence-electron chi connectivity index (χ0n) is 10.7. The van der Waals surface area contributed by atoms with E-state index in [2.05, 4.69) is 15.3 Å². The first kappa shape index (κ1) is 12.6. The number of nitrogens with one attached hydrogen (secondary N) is 1. The molecule has 0 bridgehead atoms. The smallest absolute Gasteiger partial charge is 0.255 e. The molecule has 0 atom stereocenters. The lowest BCUT2D eigenvalue weighted by atomic mass is 10.2. The molecule has 3 aromatic heterocycles. The zero-order chi connectivity index (χ0) is 14.1. The zero-order valence-corrected chi connectivity index (χ0v) is 11.4. The Hall–Kier alpha value is -2.40. The third-order valence-electron chi connectivity index (χ3n) is 2.85. The van der Waals surface area contributed by atoms with Crippen LogP contribution < -0.4 is 5.32 Å². The summed E-state index contributed by atoms with van der Waals surface area (Å²) in [6.07, 6.45) is 5.27. The van der Waals surface area contributed by atoms with Gasteiger partial charge in [-0.15, -0.1) is 0 Å². The van der Waals surface area contributed by atoms with Gasteiger partial charge in [-0.25, -0.2) is 9.97 Å². The summed E-state index contributed by atoms with van der Waals surface area (Å²) < 4.78 is 1.86. The highest BCUT2D eigenvalue weighted by Gasteiger charge is 2.10. The summed E-state index contributed by atoms with van der Waals surface area (Å²) in [5, 5.41) is 2.99. The van der Waals surface area contributed by atoms with Gasteiger partial charge in [0, 0.05) is 24.2 Å². The van der Waals surface area contributed by atoms with Gasteiger partial charge in [0.15, 0.2) is 5.15 Å². The molecule has 3 heterocycles. The van der Waals surface area contributed by atoms with Crippen molar-refractivity contribution in [1.82, 2.24) is 14.4 Å². The molecule has 3 rings (SSSR count). The number of halogens is 1. The minimum Gasteiger partial charge on any atom is -0.319 e. The van der Waals surface area contributed by atoms with Gasteiger partial charge < -0.3 is 9.72 Å². The number of rotatable bonds is 2. The van der Waals surface area contributed by atoms with Crippen LogP contribution >= 0.6 is 11.6 Å². The quantitative estimate of drug-likeness (QED) is 0.737. The first-order chi connectivity index (χ1) is 9.63. The fourth-order valence-corrected chi connectivity index (χ4v) is 2.09. The fourth-order valence-electron chi connectivity index (χ4n) is 1.92. The lowest BCUT2D eigenvalue weighted by Gasteiger charge is -2.06. The van der Waals surface area contributed by atoms with Crippen LogP contribution in [0.15, 0.2) is 42.9 Å². The van der Waals surface area contributed by atoms with Crippen molar-refractivity contribution in [3.05, 3.63) is 59.3 Å². The number of carbonyl (C=O) groups excluding carboxylic acids is 1. The summed E-state index contributed by atoms with van der Waals surface area (Å²) in [4.78, 5) is 20.4. The highest BCUT2D eigenvalue weighted by Crippen LogP contribution is 2.18. The summed E-state index contributed by atoms with van der Waals surface area (Å²) in [5.74, 6) is -0.247. The van der Waals surface area contributed by atoms with Gasteiger partial charge in [0.1, 0.15) is 5.65 Å². The average molecular weight is 287 g/mol. The number of amides is 1. The Bertz CT molecular complexity index is 797. The molecule has 20 heavy (non-hydrogen) atoms. The maximum absolute atomic E-state index is 12.2. The van der Waals surface area contributed by atoms with Crippen molar-refractivity contribution in [3.8, 4) is 0 Å². The number of aryl methyl sites for hydroxylation is 1. The SMILES string of the molecule is Cc1cn2ccc(C(=O)Nc3cccnc3Cl)cc2n1. The van der Waals surface area contributed by atoms with Crippen molar-refractivity contribution in [3.63, 3.8) is 0 Å². The summed E-state index contributed by atoms with van der Waals surface area (Å²) in [6.45, 7) is 1.90. The molecule has 0 aliphatic carbocycles. The molecule has 100 valence electrons. The van der Waals surface area contributed by atoms with Crippen LogP contribution in [0.3, 0.4) is 0 Å². The van der Waals surface area contributed by atoms with E-state index in [0.717, 1.165) is 11.3 Å². The number of nitrogens with zero attached hydrogens (tertiary/aromatic N) is 3. The molecule has 1 N–H and O–H groups in total. The van der Waals surface area contributed by atoms with Gasteiger partial charge in [0.2, 0.25) is 0 Å². The first-order valence-electron chi connectivity index (χ1n) is 6.01. The number of hydrogen-bond donors (Lipinski definition) is 1. The molecule has 0 spiro atoms. The third-order valence-corrected chi connectivity index (χ3v) is 3.15. The highest BCUT2D eigenvalue weighted by molar-refractivity contribution is 6.32. The molecular formula is C14H11ClN4O. The molecule has 3 aromatic rings. The fraction of sp³-hybridized carbons (Fsp3) is 0.0714. The maximum atomic E-state index is 12.2. The van der Waals surface area contributed by atoms with Crippen LogP contribution in [0.25, 0.3) is 5.65 Å². The Labute approximate surface area is 120 Å². The van der Waals surface area contributed by atoms with Crippen LogP contribution in [0.5, 0.6) is 0 Å². The standard InChI is InChI=1S/C14H11ClN4O/c1-9-8-19-6-4-10(7-12(19)17-9)14(20)18-11-3-2-5-16-13(11)15/h2-8H,1H3,(H,18,20). The Morgan fingerprint density at radius 1 is 1.40 bits per heavy atom. The highest BCUT2D eigenvalue weighted by atomic mass is 35.5. The summed E-state index contributed by atoms with van der Waals surface area (Å²) in [7, 11) is 0. The van der Waals surface area contributed by atoms with Gasteiger partial charge in [0.25, 0.3) is 5.91 Å². The van der Waals surface area contributed by atoms with Gasteiger partial charge >= 0.3 is 0 Å². The number of aromatic nitrogens is 3. The molecule has 0 saturated heterocycles. The number of pyridine rings is 2. The van der Waals surface area contributed by atoms with Gasteiger partial charge in [-0.1, -0.05) is 11.6 Å². The second-order valence-corrected chi connectivity index (χ2v) is 4.72. The van der Waals surface area contributed by atoms with E-state index in [1.807, 2.05) is 17.5 Å². The monoisotopic (exact) mass is 286 g/mol. The maximum Gasteiger partial charge on any atom is 0.255 e. The molecular weight excluding hydrogens is 276 g/mol. The topological polar surface area (TPSA) is 59.3 Å². The second-order valence-electron chi connectivity index (χ2n) is 4.36. The Morgan fingerprint density at radius 2 is 2.25 bits per heavy atom. The first-order valence-corrected chi connectivity index (χ1v) is 6.38. The number of imidazole rings is 1. The van der Waals surface area contributed by atoms with Gasteiger partial charge in [-0.3, -0.25) is 4.79 Å². The van der Waals surface area contributed by atoms with Crippen LogP contribution in [-0.4, -0.2) is 20.3 Å². The molecule has 0 aliphatic rings. The number of hydrogen-bond acceptors (Lipinski definition) is 3. The van der Waals surface area contributed by atoms with Crippen molar-refractivity contribution in [1.29, 1.82) is 0 Å². The van der Waals surface area contributed by atoms with Crippen LogP contribution in [0.2, 0.25) is 5.15 Å². The van der Waals surface area contributed by atoms with E-state index < -0.39 is 0 Å². The number of fused-ring (bicyclic) bond motifs is 1. The number of carbonyl (C=O) groups is 1. The van der Waals surface area contributed by atoms with Crippen LogP contribution in [0.1, 0.15) is 16.1 Å². The number of anilines is 1. The molecule has 0 saturated carbocycles. The molecule has 0 fully saturated rings. The minimum atomic E-state index is -0.247. The molecule has 1 amide bonds.